The quantitative estimate of drug-likeness (QED) is 0.727. The van der Waals surface area contributed by atoms with Gasteiger partial charge in [-0.05, 0) is 29.8 Å². The lowest BCUT2D eigenvalue weighted by molar-refractivity contribution is 0.0844. The molecule has 25 heavy (non-hydrogen) atoms. The minimum absolute atomic E-state index is 0.0501. The molecular formula is C21H17N3O. The zero-order valence-corrected chi connectivity index (χ0v) is 13.8. The molecule has 4 rings (SSSR count). The number of anilines is 1. The number of hydrogen-bond acceptors (Lipinski definition) is 3. The first-order chi connectivity index (χ1) is 12.3. The van der Waals surface area contributed by atoms with Gasteiger partial charge in [0.1, 0.15) is 5.82 Å². The third-order valence-electron chi connectivity index (χ3n) is 4.24. The van der Waals surface area contributed by atoms with Crippen molar-refractivity contribution in [2.24, 2.45) is 0 Å². The van der Waals surface area contributed by atoms with Gasteiger partial charge in [0.2, 0.25) is 0 Å². The first-order valence-corrected chi connectivity index (χ1v) is 8.11. The molecule has 3 aromatic rings. The van der Waals surface area contributed by atoms with Crippen molar-refractivity contribution >= 4 is 23.5 Å². The number of hydrogen-bond donors (Lipinski definition) is 0. The average molecular weight is 327 g/mol. The van der Waals surface area contributed by atoms with E-state index in [-0.39, 0.29) is 5.91 Å². The lowest BCUT2D eigenvalue weighted by Crippen LogP contribution is -2.39. The van der Waals surface area contributed by atoms with Crippen molar-refractivity contribution in [3.05, 3.63) is 95.7 Å². The lowest BCUT2D eigenvalue weighted by Gasteiger charge is -2.30. The maximum absolute atomic E-state index is 13.0. The fraction of sp³-hybridized carbons (Fsp3) is 0.0476. The van der Waals surface area contributed by atoms with Gasteiger partial charge in [-0.1, -0.05) is 54.6 Å². The number of amides is 1. The maximum Gasteiger partial charge on any atom is 0.277 e. The highest BCUT2D eigenvalue weighted by Gasteiger charge is 2.35. The van der Waals surface area contributed by atoms with Gasteiger partial charge in [-0.15, -0.1) is 0 Å². The molecule has 0 saturated carbocycles. The van der Waals surface area contributed by atoms with E-state index < -0.39 is 0 Å². The molecule has 4 nitrogen and oxygen atoms in total. The molecule has 1 amide bonds. The fourth-order valence-corrected chi connectivity index (χ4v) is 3.02. The van der Waals surface area contributed by atoms with E-state index in [9.17, 15) is 4.79 Å². The Morgan fingerprint density at radius 1 is 0.880 bits per heavy atom. The van der Waals surface area contributed by atoms with E-state index in [1.807, 2.05) is 85.9 Å². The molecular weight excluding hydrogens is 310 g/mol. The van der Waals surface area contributed by atoms with Gasteiger partial charge in [-0.3, -0.25) is 9.80 Å². The van der Waals surface area contributed by atoms with Crippen LogP contribution in [0.4, 0.5) is 5.82 Å². The normalized spacial score (nSPS) is 14.7. The third-order valence-corrected chi connectivity index (χ3v) is 4.24. The van der Waals surface area contributed by atoms with Crippen molar-refractivity contribution < 1.29 is 4.79 Å². The van der Waals surface area contributed by atoms with Gasteiger partial charge in [-0.25, -0.2) is 9.99 Å². The second-order valence-electron chi connectivity index (χ2n) is 5.81. The van der Waals surface area contributed by atoms with E-state index >= 15 is 0 Å². The van der Waals surface area contributed by atoms with Crippen LogP contribution in [0.15, 0.2) is 79.0 Å². The Morgan fingerprint density at radius 3 is 2.28 bits per heavy atom. The molecule has 0 atom stereocenters. The average Bonchev–Trinajstić information content (AvgIpc) is 2.95. The van der Waals surface area contributed by atoms with Crippen molar-refractivity contribution in [1.29, 1.82) is 0 Å². The summed E-state index contributed by atoms with van der Waals surface area (Å²) >= 11 is 0. The molecule has 1 aliphatic rings. The smallest absolute Gasteiger partial charge is 0.267 e. The first kappa shape index (κ1) is 15.1. The molecule has 0 unspecified atom stereocenters. The van der Waals surface area contributed by atoms with Gasteiger partial charge in [-0.2, -0.15) is 0 Å². The number of hydrazine groups is 1. The Kier molecular flexibility index (Phi) is 3.78. The van der Waals surface area contributed by atoms with E-state index in [4.69, 9.17) is 0 Å². The summed E-state index contributed by atoms with van der Waals surface area (Å²) in [5, 5.41) is 3.47. The standard InChI is InChI=1S/C21H17N3O/c1-23(20-13-7-8-14-22-20)24-19(15-16-9-3-2-4-10-16)17-11-5-6-12-18(17)21(24)25/h2-15H,1H3/b19-15-. The first-order valence-electron chi connectivity index (χ1n) is 8.11. The Labute approximate surface area is 146 Å². The van der Waals surface area contributed by atoms with Crippen LogP contribution in [0.5, 0.6) is 0 Å². The zero-order valence-electron chi connectivity index (χ0n) is 13.8. The lowest BCUT2D eigenvalue weighted by atomic mass is 10.1. The molecule has 2 aromatic carbocycles. The second-order valence-corrected chi connectivity index (χ2v) is 5.81. The molecule has 0 radical (unpaired) electrons. The van der Waals surface area contributed by atoms with Gasteiger partial charge < -0.3 is 0 Å². The molecule has 4 heteroatoms. The summed E-state index contributed by atoms with van der Waals surface area (Å²) in [7, 11) is 1.85. The molecule has 2 heterocycles. The van der Waals surface area contributed by atoms with Gasteiger partial charge in [0.05, 0.1) is 11.3 Å². The monoisotopic (exact) mass is 327 g/mol. The van der Waals surface area contributed by atoms with Crippen molar-refractivity contribution in [3.63, 3.8) is 0 Å². The Hall–Kier alpha value is -3.40. The second kappa shape index (κ2) is 6.24. The third kappa shape index (κ3) is 2.68. The summed E-state index contributed by atoms with van der Waals surface area (Å²) in [6.07, 6.45) is 3.75. The predicted octanol–water partition coefficient (Wildman–Crippen LogP) is 4.09. The number of carbonyl (C=O) groups excluding carboxylic acids is 1. The van der Waals surface area contributed by atoms with Crippen molar-refractivity contribution in [3.8, 4) is 0 Å². The SMILES string of the molecule is CN(c1ccccn1)N1C(=O)c2ccccc2/C1=C/c1ccccc1. The van der Waals surface area contributed by atoms with Crippen LogP contribution in [0.3, 0.4) is 0 Å². The fourth-order valence-electron chi connectivity index (χ4n) is 3.02. The highest BCUT2D eigenvalue weighted by atomic mass is 16.2. The van der Waals surface area contributed by atoms with Gasteiger partial charge in [0, 0.05) is 18.8 Å². The summed E-state index contributed by atoms with van der Waals surface area (Å²) in [6, 6.07) is 23.3. The maximum atomic E-state index is 13.0. The van der Waals surface area contributed by atoms with Crippen LogP contribution in [-0.2, 0) is 0 Å². The van der Waals surface area contributed by atoms with Gasteiger partial charge in [0.25, 0.3) is 5.91 Å². The summed E-state index contributed by atoms with van der Waals surface area (Å²) < 4.78 is 0. The molecule has 1 aromatic heterocycles. The largest absolute Gasteiger partial charge is 0.277 e. The highest BCUT2D eigenvalue weighted by molar-refractivity contribution is 6.12. The number of aromatic nitrogens is 1. The Balaban J connectivity index is 1.85. The number of pyridine rings is 1. The number of rotatable bonds is 3. The molecule has 0 spiro atoms. The highest BCUT2D eigenvalue weighted by Crippen LogP contribution is 2.36. The predicted molar refractivity (Wildman–Crippen MR) is 99.6 cm³/mol. The summed E-state index contributed by atoms with van der Waals surface area (Å²) in [5.41, 5.74) is 3.52. The van der Waals surface area contributed by atoms with E-state index in [0.717, 1.165) is 16.8 Å². The number of nitrogens with zero attached hydrogens (tertiary/aromatic N) is 3. The minimum atomic E-state index is -0.0501. The van der Waals surface area contributed by atoms with E-state index in [0.29, 0.717) is 11.4 Å². The number of fused-ring (bicyclic) bond motifs is 1. The van der Waals surface area contributed by atoms with Crippen molar-refractivity contribution in [1.82, 2.24) is 9.99 Å². The zero-order chi connectivity index (χ0) is 17.2. The van der Waals surface area contributed by atoms with E-state index in [1.54, 1.807) is 16.2 Å². The van der Waals surface area contributed by atoms with Crippen molar-refractivity contribution in [2.75, 3.05) is 12.1 Å². The number of benzene rings is 2. The minimum Gasteiger partial charge on any atom is -0.267 e. The summed E-state index contributed by atoms with van der Waals surface area (Å²) in [5.74, 6) is 0.661. The summed E-state index contributed by atoms with van der Waals surface area (Å²) in [6.45, 7) is 0. The van der Waals surface area contributed by atoms with Gasteiger partial charge >= 0.3 is 0 Å². The van der Waals surface area contributed by atoms with Crippen LogP contribution in [0.2, 0.25) is 0 Å². The Morgan fingerprint density at radius 2 is 1.56 bits per heavy atom. The van der Waals surface area contributed by atoms with Crippen LogP contribution in [0.1, 0.15) is 21.5 Å². The molecule has 0 fully saturated rings. The molecule has 0 bridgehead atoms. The molecule has 1 aliphatic heterocycles. The van der Waals surface area contributed by atoms with Crippen LogP contribution in [-0.4, -0.2) is 22.9 Å². The Bertz CT molecular complexity index is 936. The topological polar surface area (TPSA) is 36.4 Å². The van der Waals surface area contributed by atoms with Crippen molar-refractivity contribution in [2.45, 2.75) is 0 Å². The number of carbonyl (C=O) groups is 1. The van der Waals surface area contributed by atoms with Crippen LogP contribution >= 0.6 is 0 Å². The van der Waals surface area contributed by atoms with Crippen LogP contribution < -0.4 is 5.01 Å². The van der Waals surface area contributed by atoms with Gasteiger partial charge in [0.15, 0.2) is 0 Å². The van der Waals surface area contributed by atoms with Crippen LogP contribution in [0, 0.1) is 0 Å². The van der Waals surface area contributed by atoms with Crippen LogP contribution in [0.25, 0.3) is 11.8 Å². The van der Waals surface area contributed by atoms with E-state index in [2.05, 4.69) is 4.98 Å². The molecule has 0 aliphatic carbocycles. The van der Waals surface area contributed by atoms with E-state index in [1.165, 1.54) is 0 Å². The molecule has 0 saturated heterocycles. The summed E-state index contributed by atoms with van der Waals surface area (Å²) in [4.78, 5) is 17.4. The molecule has 0 N–H and O–H groups in total. The molecule has 122 valence electrons.